The van der Waals surface area contributed by atoms with E-state index in [0.717, 1.165) is 50.2 Å². The summed E-state index contributed by atoms with van der Waals surface area (Å²) < 4.78 is 11.0. The van der Waals surface area contributed by atoms with E-state index in [0.29, 0.717) is 48.3 Å². The Kier molecular flexibility index (Phi) is 16.2. The van der Waals surface area contributed by atoms with Crippen molar-refractivity contribution in [3.05, 3.63) is 144 Å². The van der Waals surface area contributed by atoms with E-state index >= 15 is 0 Å². The number of H-pyrrole nitrogens is 1. The quantitative estimate of drug-likeness (QED) is 0.0712. The van der Waals surface area contributed by atoms with Crippen molar-refractivity contribution in [1.82, 2.24) is 25.4 Å². The van der Waals surface area contributed by atoms with Crippen LogP contribution in [-0.2, 0) is 23.9 Å². The summed E-state index contributed by atoms with van der Waals surface area (Å²) in [6.45, 7) is 14.9. The van der Waals surface area contributed by atoms with Gasteiger partial charge in [0, 0.05) is 40.9 Å². The summed E-state index contributed by atoms with van der Waals surface area (Å²) in [7, 11) is 0. The number of imide groups is 1. The van der Waals surface area contributed by atoms with Crippen LogP contribution in [0.1, 0.15) is 103 Å². The van der Waals surface area contributed by atoms with Gasteiger partial charge in [0.15, 0.2) is 0 Å². The van der Waals surface area contributed by atoms with Gasteiger partial charge in [-0.05, 0) is 120 Å². The van der Waals surface area contributed by atoms with E-state index in [1.165, 1.54) is 4.90 Å². The number of ether oxygens (including phenoxy) is 2. The molecule has 15 heteroatoms. The first-order valence-corrected chi connectivity index (χ1v) is 24.4. The molecule has 5 N–H and O–H groups in total. The second-order valence-electron chi connectivity index (χ2n) is 20.0. The molecule has 5 aromatic carbocycles. The smallest absolute Gasteiger partial charge is 0.408 e. The standard InChI is InChI=1S/C57H65N7O8/c1-9-10-32-64(52(67)49(38-22-15-12-16-23-38)62-55(70)72-57(6,7)8)53(68)59-41-28-26-39(27-29-41)47-46(40-24-17-19-36(2)34-40)43-35-42(30-31-44(43)60-47)58-50(65)45-25-18-33-63(45)51(66)48(37-20-13-11-14-21-37)61-54(69)71-56(3,4)5/h11-17,19-24,26-31,34-35,45,48-49,60H,9-10,18,25,32-33H2,1-8H3,(H,58,65)(H,59,68)(H,61,69)(H,62,70)/t45-,48+,49+/m0/s1. The Morgan fingerprint density at radius 1 is 0.694 bits per heavy atom. The first-order chi connectivity index (χ1) is 34.3. The van der Waals surface area contributed by atoms with Crippen molar-refractivity contribution in [3.63, 3.8) is 0 Å². The summed E-state index contributed by atoms with van der Waals surface area (Å²) in [4.78, 5) is 89.0. The molecule has 72 heavy (non-hydrogen) atoms. The summed E-state index contributed by atoms with van der Waals surface area (Å²) >= 11 is 0. The highest BCUT2D eigenvalue weighted by Crippen LogP contribution is 2.40. The molecule has 6 aromatic rings. The summed E-state index contributed by atoms with van der Waals surface area (Å²) in [5.41, 5.74) is 5.76. The fourth-order valence-corrected chi connectivity index (χ4v) is 8.69. The number of hydrogen-bond acceptors (Lipinski definition) is 8. The molecular formula is C57H65N7O8. The Balaban J connectivity index is 1.13. The summed E-state index contributed by atoms with van der Waals surface area (Å²) in [6, 6.07) is 35.0. The normalized spacial score (nSPS) is 14.4. The van der Waals surface area contributed by atoms with Crippen LogP contribution in [0.25, 0.3) is 33.3 Å². The second kappa shape index (κ2) is 22.4. The van der Waals surface area contributed by atoms with Gasteiger partial charge in [-0.15, -0.1) is 0 Å². The minimum absolute atomic E-state index is 0.120. The number of urea groups is 1. The third-order valence-corrected chi connectivity index (χ3v) is 12.0. The number of aromatic nitrogens is 1. The van der Waals surface area contributed by atoms with Crippen LogP contribution in [0.3, 0.4) is 0 Å². The van der Waals surface area contributed by atoms with E-state index in [1.54, 1.807) is 108 Å². The molecule has 0 bridgehead atoms. The van der Waals surface area contributed by atoms with Gasteiger partial charge in [0.2, 0.25) is 5.91 Å². The Labute approximate surface area is 421 Å². The van der Waals surface area contributed by atoms with E-state index < -0.39 is 59.4 Å². The van der Waals surface area contributed by atoms with Gasteiger partial charge in [-0.1, -0.05) is 116 Å². The number of anilines is 2. The Hall–Kier alpha value is -7.94. The van der Waals surface area contributed by atoms with Crippen LogP contribution in [0.4, 0.5) is 25.8 Å². The lowest BCUT2D eigenvalue weighted by Gasteiger charge is -2.29. The molecule has 376 valence electrons. The second-order valence-corrected chi connectivity index (χ2v) is 20.0. The number of alkyl carbamates (subject to hydrolysis) is 2. The van der Waals surface area contributed by atoms with E-state index in [4.69, 9.17) is 9.47 Å². The molecule has 0 aliphatic carbocycles. The van der Waals surface area contributed by atoms with Crippen LogP contribution in [0.15, 0.2) is 127 Å². The lowest BCUT2D eigenvalue weighted by Crippen LogP contribution is -2.49. The van der Waals surface area contributed by atoms with Crippen LogP contribution in [-0.4, -0.2) is 81.1 Å². The molecule has 0 radical (unpaired) electrons. The van der Waals surface area contributed by atoms with Crippen molar-refractivity contribution in [2.75, 3.05) is 23.7 Å². The van der Waals surface area contributed by atoms with Crippen molar-refractivity contribution in [2.24, 2.45) is 0 Å². The number of nitrogens with one attached hydrogen (secondary N) is 5. The molecule has 2 heterocycles. The third-order valence-electron chi connectivity index (χ3n) is 12.0. The number of carbonyl (C=O) groups is 6. The summed E-state index contributed by atoms with van der Waals surface area (Å²) in [6.07, 6.45) is 0.790. The maximum absolute atomic E-state index is 14.3. The van der Waals surface area contributed by atoms with Crippen LogP contribution < -0.4 is 21.3 Å². The molecule has 3 atom stereocenters. The summed E-state index contributed by atoms with van der Waals surface area (Å²) in [5, 5.41) is 12.3. The van der Waals surface area contributed by atoms with E-state index in [9.17, 15) is 28.8 Å². The van der Waals surface area contributed by atoms with Crippen LogP contribution in [0.5, 0.6) is 0 Å². The fourth-order valence-electron chi connectivity index (χ4n) is 8.69. The van der Waals surface area contributed by atoms with Crippen molar-refractivity contribution >= 4 is 58.2 Å². The number of aryl methyl sites for hydroxylation is 1. The van der Waals surface area contributed by atoms with E-state index in [-0.39, 0.29) is 12.5 Å². The molecule has 0 unspecified atom stereocenters. The molecule has 1 saturated heterocycles. The largest absolute Gasteiger partial charge is 0.444 e. The van der Waals surface area contributed by atoms with E-state index in [1.807, 2.05) is 68.4 Å². The lowest BCUT2D eigenvalue weighted by atomic mass is 9.97. The van der Waals surface area contributed by atoms with Gasteiger partial charge in [0.25, 0.3) is 11.8 Å². The monoisotopic (exact) mass is 975 g/mol. The maximum atomic E-state index is 14.3. The zero-order valence-corrected chi connectivity index (χ0v) is 42.3. The van der Waals surface area contributed by atoms with Crippen molar-refractivity contribution in [2.45, 2.75) is 110 Å². The van der Waals surface area contributed by atoms with Crippen LogP contribution in [0, 0.1) is 6.92 Å². The molecular weight excluding hydrogens is 911 g/mol. The Morgan fingerprint density at radius 3 is 1.89 bits per heavy atom. The number of amides is 7. The number of nitrogens with zero attached hydrogens (tertiary/aromatic N) is 2. The third kappa shape index (κ3) is 13.1. The van der Waals surface area contributed by atoms with Gasteiger partial charge in [-0.25, -0.2) is 14.4 Å². The molecule has 15 nitrogen and oxygen atoms in total. The Morgan fingerprint density at radius 2 is 1.29 bits per heavy atom. The van der Waals surface area contributed by atoms with Gasteiger partial charge in [0.05, 0.1) is 5.69 Å². The van der Waals surface area contributed by atoms with Crippen molar-refractivity contribution < 1.29 is 38.2 Å². The SMILES string of the molecule is CCCCN(C(=O)Nc1ccc(-c2[nH]c3ccc(NC(=O)[C@@H]4CCCN4C(=O)[C@H](NC(=O)OC(C)(C)C)c4ccccc4)cc3c2-c2cccc(C)c2)cc1)C(=O)[C@H](NC(=O)OC(C)(C)C)c1ccccc1. The molecule has 7 rings (SSSR count). The molecule has 1 aliphatic heterocycles. The number of unbranched alkanes of at least 4 members (excludes halogenated alkanes) is 1. The van der Waals surface area contributed by atoms with Crippen molar-refractivity contribution in [3.8, 4) is 22.4 Å². The topological polar surface area (TPSA) is 191 Å². The van der Waals surface area contributed by atoms with Gasteiger partial charge >= 0.3 is 18.2 Å². The highest BCUT2D eigenvalue weighted by Gasteiger charge is 2.39. The number of benzene rings is 5. The number of rotatable bonds is 14. The molecule has 0 spiro atoms. The molecule has 1 aromatic heterocycles. The molecule has 1 fully saturated rings. The van der Waals surface area contributed by atoms with Crippen molar-refractivity contribution in [1.29, 1.82) is 0 Å². The average molecular weight is 976 g/mol. The zero-order valence-electron chi connectivity index (χ0n) is 42.3. The highest BCUT2D eigenvalue weighted by molar-refractivity contribution is 6.08. The predicted molar refractivity (Wildman–Crippen MR) is 280 cm³/mol. The number of carbonyl (C=O) groups excluding carboxylic acids is 6. The average Bonchev–Trinajstić information content (AvgIpc) is 3.98. The van der Waals surface area contributed by atoms with Gasteiger partial charge in [-0.2, -0.15) is 0 Å². The van der Waals surface area contributed by atoms with E-state index in [2.05, 4.69) is 32.3 Å². The Bertz CT molecular complexity index is 2910. The van der Waals surface area contributed by atoms with Crippen LogP contribution >= 0.6 is 0 Å². The highest BCUT2D eigenvalue weighted by atomic mass is 16.6. The van der Waals surface area contributed by atoms with Gasteiger partial charge < -0.3 is 40.6 Å². The predicted octanol–water partition coefficient (Wildman–Crippen LogP) is 11.4. The number of hydrogen-bond donors (Lipinski definition) is 5. The van der Waals surface area contributed by atoms with Gasteiger partial charge in [-0.3, -0.25) is 19.3 Å². The number of aromatic amines is 1. The minimum Gasteiger partial charge on any atom is -0.444 e. The maximum Gasteiger partial charge on any atom is 0.408 e. The number of likely N-dealkylation sites (tertiary alicyclic amines) is 1. The molecule has 0 saturated carbocycles. The molecule has 1 aliphatic rings. The lowest BCUT2D eigenvalue weighted by molar-refractivity contribution is -0.138. The first kappa shape index (κ1) is 51.9. The minimum atomic E-state index is -1.18. The zero-order chi connectivity index (χ0) is 51.7. The number of fused-ring (bicyclic) bond motifs is 1. The fraction of sp³-hybridized carbons (Fsp3) is 0.333. The first-order valence-electron chi connectivity index (χ1n) is 24.4. The summed E-state index contributed by atoms with van der Waals surface area (Å²) in [5.74, 6) is -1.36. The van der Waals surface area contributed by atoms with Crippen LogP contribution in [0.2, 0.25) is 0 Å². The molecule has 7 amide bonds. The van der Waals surface area contributed by atoms with Gasteiger partial charge in [0.1, 0.15) is 29.3 Å².